The van der Waals surface area contributed by atoms with Crippen molar-refractivity contribution in [3.8, 4) is 5.75 Å². The fourth-order valence-electron chi connectivity index (χ4n) is 1.91. The summed E-state index contributed by atoms with van der Waals surface area (Å²) >= 11 is 11.6. The number of amides is 1. The molecule has 6 nitrogen and oxygen atoms in total. The largest absolute Gasteiger partial charge is 0.483 e. The first-order chi connectivity index (χ1) is 11.7. The van der Waals surface area contributed by atoms with Crippen LogP contribution in [0.2, 0.25) is 10.0 Å². The van der Waals surface area contributed by atoms with Crippen molar-refractivity contribution in [2.45, 2.75) is 18.7 Å². The van der Waals surface area contributed by atoms with Crippen molar-refractivity contribution in [3.63, 3.8) is 0 Å². The number of nitrogens with one attached hydrogen (secondary N) is 2. The minimum atomic E-state index is -4.00. The Balaban J connectivity index is 1.96. The minimum Gasteiger partial charge on any atom is -0.483 e. The summed E-state index contributed by atoms with van der Waals surface area (Å²) in [6.07, 6.45) is 0. The van der Waals surface area contributed by atoms with E-state index in [9.17, 15) is 13.2 Å². The second-order valence-corrected chi connectivity index (χ2v) is 7.87. The highest BCUT2D eigenvalue weighted by molar-refractivity contribution is 7.89. The number of sulfonamides is 1. The lowest BCUT2D eigenvalue weighted by Crippen LogP contribution is -2.43. The Kier molecular flexibility index (Phi) is 6.29. The van der Waals surface area contributed by atoms with Crippen LogP contribution in [0.3, 0.4) is 0 Å². The van der Waals surface area contributed by atoms with E-state index in [0.29, 0.717) is 5.75 Å². The molecule has 2 rings (SSSR count). The molecule has 2 aromatic carbocycles. The quantitative estimate of drug-likeness (QED) is 0.727. The number of hydrogen-bond acceptors (Lipinski definition) is 4. The van der Waals surface area contributed by atoms with Gasteiger partial charge in [0.25, 0.3) is 15.9 Å². The fourth-order valence-corrected chi connectivity index (χ4v) is 3.49. The summed E-state index contributed by atoms with van der Waals surface area (Å²) in [6.45, 7) is 3.40. The van der Waals surface area contributed by atoms with Gasteiger partial charge in [0.15, 0.2) is 6.61 Å². The van der Waals surface area contributed by atoms with Crippen molar-refractivity contribution in [1.29, 1.82) is 0 Å². The molecule has 1 amide bonds. The molecule has 0 aromatic heterocycles. The fraction of sp³-hybridized carbons (Fsp3) is 0.188. The highest BCUT2D eigenvalue weighted by atomic mass is 35.5. The maximum absolute atomic E-state index is 12.1. The lowest BCUT2D eigenvalue weighted by molar-refractivity contribution is -0.123. The van der Waals surface area contributed by atoms with Crippen LogP contribution in [0.5, 0.6) is 5.75 Å². The van der Waals surface area contributed by atoms with Gasteiger partial charge < -0.3 is 4.74 Å². The lowest BCUT2D eigenvalue weighted by atomic mass is 10.1. The molecule has 134 valence electrons. The molecule has 2 aromatic rings. The summed E-state index contributed by atoms with van der Waals surface area (Å²) < 4.78 is 29.7. The molecule has 0 bridgehead atoms. The molecule has 0 aliphatic carbocycles. The average molecular weight is 403 g/mol. The first-order valence-corrected chi connectivity index (χ1v) is 9.38. The van der Waals surface area contributed by atoms with E-state index < -0.39 is 15.9 Å². The van der Waals surface area contributed by atoms with Crippen LogP contribution in [0.15, 0.2) is 41.3 Å². The first-order valence-electron chi connectivity index (χ1n) is 7.14. The molecule has 0 fully saturated rings. The molecular weight excluding hydrogens is 387 g/mol. The van der Waals surface area contributed by atoms with Crippen molar-refractivity contribution in [1.82, 2.24) is 10.3 Å². The average Bonchev–Trinajstić information content (AvgIpc) is 2.53. The van der Waals surface area contributed by atoms with E-state index >= 15 is 0 Å². The number of hydrogen-bond donors (Lipinski definition) is 2. The van der Waals surface area contributed by atoms with Crippen LogP contribution in [-0.2, 0) is 14.8 Å². The number of ether oxygens (including phenoxy) is 1. The first kappa shape index (κ1) is 19.5. The number of benzene rings is 2. The van der Waals surface area contributed by atoms with Crippen LogP contribution < -0.4 is 15.0 Å². The van der Waals surface area contributed by atoms with Crippen LogP contribution >= 0.6 is 23.2 Å². The normalized spacial score (nSPS) is 11.2. The molecule has 0 saturated heterocycles. The van der Waals surface area contributed by atoms with Crippen LogP contribution in [0.4, 0.5) is 0 Å². The Morgan fingerprint density at radius 3 is 2.36 bits per heavy atom. The van der Waals surface area contributed by atoms with Gasteiger partial charge in [-0.15, -0.1) is 4.83 Å². The van der Waals surface area contributed by atoms with Gasteiger partial charge in [0.1, 0.15) is 5.75 Å². The van der Waals surface area contributed by atoms with Gasteiger partial charge in [-0.2, -0.15) is 0 Å². The van der Waals surface area contributed by atoms with Crippen LogP contribution in [0, 0.1) is 13.8 Å². The smallest absolute Gasteiger partial charge is 0.272 e. The number of hydrazine groups is 1. The summed E-state index contributed by atoms with van der Waals surface area (Å²) in [7, 11) is -4.00. The van der Waals surface area contributed by atoms with Crippen molar-refractivity contribution in [2.24, 2.45) is 0 Å². The van der Waals surface area contributed by atoms with Gasteiger partial charge in [0.05, 0.1) is 4.90 Å². The molecule has 2 N–H and O–H groups in total. The van der Waals surface area contributed by atoms with E-state index in [2.05, 4.69) is 5.43 Å². The monoisotopic (exact) mass is 402 g/mol. The SMILES string of the molecule is Cc1ccc(C)c(OCC(=O)NNS(=O)(=O)c2cc(Cl)cc(Cl)c2)c1. The molecule has 0 heterocycles. The summed E-state index contributed by atoms with van der Waals surface area (Å²) in [5, 5.41) is 0.329. The zero-order valence-electron chi connectivity index (χ0n) is 13.5. The number of carbonyl (C=O) groups excluding carboxylic acids is 1. The van der Waals surface area contributed by atoms with Crippen LogP contribution in [-0.4, -0.2) is 20.9 Å². The van der Waals surface area contributed by atoms with Gasteiger partial charge in [-0.3, -0.25) is 10.2 Å². The zero-order valence-corrected chi connectivity index (χ0v) is 15.8. The van der Waals surface area contributed by atoms with E-state index in [1.165, 1.54) is 18.2 Å². The number of halogens is 2. The lowest BCUT2D eigenvalue weighted by Gasteiger charge is -2.11. The summed E-state index contributed by atoms with van der Waals surface area (Å²) in [4.78, 5) is 13.6. The second kappa shape index (κ2) is 8.05. The highest BCUT2D eigenvalue weighted by Crippen LogP contribution is 2.22. The van der Waals surface area contributed by atoms with E-state index in [1.807, 2.05) is 30.8 Å². The molecule has 25 heavy (non-hydrogen) atoms. The molecule has 0 aliphatic rings. The van der Waals surface area contributed by atoms with Gasteiger partial charge in [-0.05, 0) is 49.2 Å². The molecule has 0 saturated carbocycles. The third-order valence-corrected chi connectivity index (χ3v) is 4.84. The van der Waals surface area contributed by atoms with E-state index in [-0.39, 0.29) is 21.5 Å². The Labute approximate surface area is 156 Å². The minimum absolute atomic E-state index is 0.164. The van der Waals surface area contributed by atoms with Crippen molar-refractivity contribution in [2.75, 3.05) is 6.61 Å². The zero-order chi connectivity index (χ0) is 18.6. The Hall–Kier alpha value is -1.80. The molecule has 0 aliphatic heterocycles. The molecular formula is C16H16Cl2N2O4S. The van der Waals surface area contributed by atoms with Gasteiger partial charge in [0.2, 0.25) is 0 Å². The van der Waals surface area contributed by atoms with Gasteiger partial charge in [-0.25, -0.2) is 8.42 Å². The third-order valence-electron chi connectivity index (χ3n) is 3.17. The number of aryl methyl sites for hydroxylation is 2. The topological polar surface area (TPSA) is 84.5 Å². The maximum Gasteiger partial charge on any atom is 0.272 e. The predicted octanol–water partition coefficient (Wildman–Crippen LogP) is 3.00. The van der Waals surface area contributed by atoms with E-state index in [1.54, 1.807) is 6.07 Å². The summed E-state index contributed by atoms with van der Waals surface area (Å²) in [5.41, 5.74) is 3.93. The molecule has 0 spiro atoms. The van der Waals surface area contributed by atoms with Crippen molar-refractivity contribution < 1.29 is 17.9 Å². The standard InChI is InChI=1S/C16H16Cl2N2O4S/c1-10-3-4-11(2)15(5-10)24-9-16(21)19-20-25(22,23)14-7-12(17)6-13(18)8-14/h3-8,20H,9H2,1-2H3,(H,19,21). The molecule has 0 unspecified atom stereocenters. The third kappa shape index (κ3) is 5.61. The Morgan fingerprint density at radius 2 is 1.72 bits per heavy atom. The van der Waals surface area contributed by atoms with E-state index in [4.69, 9.17) is 27.9 Å². The number of rotatable bonds is 6. The van der Waals surface area contributed by atoms with Gasteiger partial charge in [-0.1, -0.05) is 35.3 Å². The van der Waals surface area contributed by atoms with Crippen molar-refractivity contribution >= 4 is 39.1 Å². The van der Waals surface area contributed by atoms with Crippen molar-refractivity contribution in [3.05, 3.63) is 57.6 Å². The molecule has 9 heteroatoms. The van der Waals surface area contributed by atoms with Gasteiger partial charge >= 0.3 is 0 Å². The van der Waals surface area contributed by atoms with Gasteiger partial charge in [0, 0.05) is 10.0 Å². The Bertz CT molecular complexity index is 881. The van der Waals surface area contributed by atoms with Crippen LogP contribution in [0.1, 0.15) is 11.1 Å². The molecule has 0 radical (unpaired) electrons. The second-order valence-electron chi connectivity index (χ2n) is 5.32. The Morgan fingerprint density at radius 1 is 1.08 bits per heavy atom. The summed E-state index contributed by atoms with van der Waals surface area (Å²) in [5.74, 6) is -0.0998. The predicted molar refractivity (Wildman–Crippen MR) is 96.3 cm³/mol. The molecule has 0 atom stereocenters. The van der Waals surface area contributed by atoms with Crippen LogP contribution in [0.25, 0.3) is 0 Å². The highest BCUT2D eigenvalue weighted by Gasteiger charge is 2.17. The maximum atomic E-state index is 12.1. The van der Waals surface area contributed by atoms with E-state index in [0.717, 1.165) is 11.1 Å². The number of carbonyl (C=O) groups is 1. The summed E-state index contributed by atoms with van der Waals surface area (Å²) in [6, 6.07) is 9.42.